The Labute approximate surface area is 356 Å². The largest absolute Gasteiger partial charge is 0.310 e. The number of fused-ring (bicyclic) bond motifs is 11. The van der Waals surface area contributed by atoms with Crippen LogP contribution >= 0.6 is 0 Å². The van der Waals surface area contributed by atoms with Gasteiger partial charge in [0.1, 0.15) is 0 Å². The van der Waals surface area contributed by atoms with Gasteiger partial charge < -0.3 is 4.90 Å². The molecule has 0 N–H and O–H groups in total. The normalized spacial score (nSPS) is 14.6. The predicted molar refractivity (Wildman–Crippen MR) is 257 cm³/mol. The van der Waals surface area contributed by atoms with Gasteiger partial charge in [-0.15, -0.1) is 0 Å². The highest BCUT2D eigenvalue weighted by Gasteiger charge is 2.50. The standard InChI is InChI=1S/C60H41N/c1-59(2)54-34-38(25-31-49(54)50-32-30-46(37-55(50)59)61(44-16-4-3-5-17-44)45-29-28-40-13-6-7-14-42(40)36-45)23-24-39-33-43-27-26-41-15-12-22-53-57(41)58(43)56(35-39)60(53)51-20-10-8-18-47(51)48-19-9-11-21-52(48)60/h3-37H,1-2H3. The van der Waals surface area contributed by atoms with Crippen LogP contribution in [-0.4, -0.2) is 0 Å². The summed E-state index contributed by atoms with van der Waals surface area (Å²) in [7, 11) is 0. The van der Waals surface area contributed by atoms with Crippen LogP contribution in [0.25, 0.3) is 66.7 Å². The van der Waals surface area contributed by atoms with Crippen LogP contribution in [0.3, 0.4) is 0 Å². The number of anilines is 3. The van der Waals surface area contributed by atoms with Crippen molar-refractivity contribution in [2.24, 2.45) is 0 Å². The molecule has 0 atom stereocenters. The lowest BCUT2D eigenvalue weighted by Gasteiger charge is -2.31. The summed E-state index contributed by atoms with van der Waals surface area (Å²) in [5.41, 5.74) is 19.0. The molecule has 0 aromatic heterocycles. The van der Waals surface area contributed by atoms with Crippen molar-refractivity contribution in [1.29, 1.82) is 0 Å². The molecule has 3 aliphatic rings. The van der Waals surface area contributed by atoms with Crippen LogP contribution in [0.1, 0.15) is 58.4 Å². The number of benzene rings is 10. The molecule has 0 bridgehead atoms. The smallest absolute Gasteiger partial charge is 0.0726 e. The molecule has 0 amide bonds. The molecule has 0 heterocycles. The molecule has 0 unspecified atom stereocenters. The van der Waals surface area contributed by atoms with Gasteiger partial charge >= 0.3 is 0 Å². The molecule has 10 aromatic carbocycles. The van der Waals surface area contributed by atoms with Crippen molar-refractivity contribution in [3.63, 3.8) is 0 Å². The van der Waals surface area contributed by atoms with E-state index in [9.17, 15) is 0 Å². The van der Waals surface area contributed by atoms with Crippen molar-refractivity contribution in [3.8, 4) is 22.3 Å². The van der Waals surface area contributed by atoms with Crippen LogP contribution in [0.4, 0.5) is 17.1 Å². The van der Waals surface area contributed by atoms with Gasteiger partial charge in [0.05, 0.1) is 5.41 Å². The summed E-state index contributed by atoms with van der Waals surface area (Å²) in [4.78, 5) is 2.39. The first-order valence-corrected chi connectivity index (χ1v) is 21.5. The highest BCUT2D eigenvalue weighted by Crippen LogP contribution is 2.62. The van der Waals surface area contributed by atoms with E-state index in [0.29, 0.717) is 0 Å². The van der Waals surface area contributed by atoms with Gasteiger partial charge in [-0.2, -0.15) is 0 Å². The molecule has 1 spiro atoms. The maximum atomic E-state index is 2.49. The second-order valence-electron chi connectivity index (χ2n) is 17.7. The topological polar surface area (TPSA) is 3.24 Å². The fraction of sp³-hybridized carbons (Fsp3) is 0.0667. The van der Waals surface area contributed by atoms with Crippen LogP contribution in [0.15, 0.2) is 200 Å². The van der Waals surface area contributed by atoms with Gasteiger partial charge in [0.15, 0.2) is 0 Å². The molecule has 0 fully saturated rings. The van der Waals surface area contributed by atoms with Crippen molar-refractivity contribution >= 4 is 61.5 Å². The van der Waals surface area contributed by atoms with E-state index in [1.54, 1.807) is 0 Å². The van der Waals surface area contributed by atoms with Gasteiger partial charge in [-0.25, -0.2) is 0 Å². The van der Waals surface area contributed by atoms with E-state index in [-0.39, 0.29) is 10.8 Å². The minimum absolute atomic E-state index is 0.183. The predicted octanol–water partition coefficient (Wildman–Crippen LogP) is 15.8. The van der Waals surface area contributed by atoms with Crippen LogP contribution in [0, 0.1) is 0 Å². The van der Waals surface area contributed by atoms with Crippen molar-refractivity contribution in [1.82, 2.24) is 0 Å². The fourth-order valence-corrected chi connectivity index (χ4v) is 11.4. The fourth-order valence-electron chi connectivity index (χ4n) is 11.4. The number of rotatable bonds is 5. The maximum Gasteiger partial charge on any atom is 0.0726 e. The Balaban J connectivity index is 0.899. The lowest BCUT2D eigenvalue weighted by molar-refractivity contribution is 0.660. The third kappa shape index (κ3) is 4.72. The zero-order valence-electron chi connectivity index (χ0n) is 34.2. The molecule has 286 valence electrons. The number of hydrogen-bond donors (Lipinski definition) is 0. The lowest BCUT2D eigenvalue weighted by atomic mass is 9.70. The zero-order chi connectivity index (χ0) is 40.5. The SMILES string of the molecule is CC1(C)c2cc(C=Cc3cc4c5c(ccc6cccc(c65)C45c4ccccc4-c4ccccc45)c3)ccc2-c2ccc(N(c3ccccc3)c3ccc4ccccc4c3)cc21. The van der Waals surface area contributed by atoms with Gasteiger partial charge in [-0.05, 0) is 148 Å². The number of para-hydroxylation sites is 1. The third-order valence-corrected chi connectivity index (χ3v) is 14.2. The van der Waals surface area contributed by atoms with Gasteiger partial charge in [-0.3, -0.25) is 0 Å². The summed E-state index contributed by atoms with van der Waals surface area (Å²) in [6.07, 6.45) is 4.65. The average molecular weight is 776 g/mol. The Kier molecular flexibility index (Phi) is 7.06. The molecule has 3 aliphatic carbocycles. The first-order chi connectivity index (χ1) is 30.0. The third-order valence-electron chi connectivity index (χ3n) is 14.2. The molecule has 13 rings (SSSR count). The molecule has 0 saturated heterocycles. The Hall–Kier alpha value is -7.48. The van der Waals surface area contributed by atoms with E-state index in [1.165, 1.54) is 99.1 Å². The minimum atomic E-state index is -0.356. The number of hydrogen-bond acceptors (Lipinski definition) is 1. The first kappa shape index (κ1) is 34.4. The number of nitrogens with zero attached hydrogens (tertiary/aromatic N) is 1. The Bertz CT molecular complexity index is 3470. The van der Waals surface area contributed by atoms with Crippen LogP contribution in [0.2, 0.25) is 0 Å². The maximum absolute atomic E-state index is 2.49. The monoisotopic (exact) mass is 775 g/mol. The van der Waals surface area contributed by atoms with E-state index in [4.69, 9.17) is 0 Å². The van der Waals surface area contributed by atoms with Gasteiger partial charge in [-0.1, -0.05) is 178 Å². The molecular formula is C60H41N. The summed E-state index contributed by atoms with van der Waals surface area (Å²) in [6.45, 7) is 4.77. The second-order valence-corrected chi connectivity index (χ2v) is 17.7. The first-order valence-electron chi connectivity index (χ1n) is 21.5. The molecule has 1 nitrogen and oxygen atoms in total. The Morgan fingerprint density at radius 1 is 0.328 bits per heavy atom. The quantitative estimate of drug-likeness (QED) is 0.124. The van der Waals surface area contributed by atoms with E-state index in [0.717, 1.165) is 17.1 Å². The van der Waals surface area contributed by atoms with Gasteiger partial charge in [0, 0.05) is 22.5 Å². The van der Waals surface area contributed by atoms with Crippen molar-refractivity contribution in [3.05, 3.63) is 245 Å². The molecular weight excluding hydrogens is 735 g/mol. The minimum Gasteiger partial charge on any atom is -0.310 e. The second kappa shape index (κ2) is 12.5. The van der Waals surface area contributed by atoms with Gasteiger partial charge in [0.25, 0.3) is 0 Å². The molecule has 0 saturated carbocycles. The van der Waals surface area contributed by atoms with Crippen LogP contribution < -0.4 is 4.90 Å². The molecule has 1 heteroatoms. The molecule has 0 aliphatic heterocycles. The van der Waals surface area contributed by atoms with Crippen LogP contribution in [-0.2, 0) is 10.8 Å². The highest BCUT2D eigenvalue weighted by molar-refractivity contribution is 6.18. The van der Waals surface area contributed by atoms with E-state index in [1.807, 2.05) is 0 Å². The average Bonchev–Trinajstić information content (AvgIpc) is 3.86. The van der Waals surface area contributed by atoms with E-state index < -0.39 is 0 Å². The lowest BCUT2D eigenvalue weighted by Crippen LogP contribution is -2.26. The van der Waals surface area contributed by atoms with E-state index in [2.05, 4.69) is 231 Å². The van der Waals surface area contributed by atoms with Crippen molar-refractivity contribution in [2.75, 3.05) is 4.90 Å². The molecule has 61 heavy (non-hydrogen) atoms. The van der Waals surface area contributed by atoms with Crippen molar-refractivity contribution < 1.29 is 0 Å². The highest BCUT2D eigenvalue weighted by atomic mass is 15.1. The molecule has 0 radical (unpaired) electrons. The molecule has 10 aromatic rings. The zero-order valence-corrected chi connectivity index (χ0v) is 34.2. The Morgan fingerprint density at radius 2 is 0.869 bits per heavy atom. The Morgan fingerprint density at radius 3 is 1.67 bits per heavy atom. The van der Waals surface area contributed by atoms with Crippen molar-refractivity contribution in [2.45, 2.75) is 24.7 Å². The van der Waals surface area contributed by atoms with Gasteiger partial charge in [0.2, 0.25) is 0 Å². The summed E-state index contributed by atoms with van der Waals surface area (Å²) in [5.74, 6) is 0. The van der Waals surface area contributed by atoms with E-state index >= 15 is 0 Å². The summed E-state index contributed by atoms with van der Waals surface area (Å²) in [6, 6.07) is 74.9. The summed E-state index contributed by atoms with van der Waals surface area (Å²) >= 11 is 0. The summed E-state index contributed by atoms with van der Waals surface area (Å²) in [5, 5.41) is 7.87. The van der Waals surface area contributed by atoms with Crippen LogP contribution in [0.5, 0.6) is 0 Å². The summed E-state index contributed by atoms with van der Waals surface area (Å²) < 4.78 is 0.